The first kappa shape index (κ1) is 18.0. The summed E-state index contributed by atoms with van der Waals surface area (Å²) in [5, 5.41) is 9.81. The lowest BCUT2D eigenvalue weighted by atomic mass is 10.2. The molecule has 0 aliphatic rings. The molecule has 6 nitrogen and oxygen atoms in total. The SMILES string of the molecule is COC[C@H](O)CN(C)C(=O)N(Cc1ccco1)c1ccc(F)cc1. The van der Waals surface area contributed by atoms with Gasteiger partial charge in [0.25, 0.3) is 0 Å². The largest absolute Gasteiger partial charge is 0.467 e. The Labute approximate surface area is 140 Å². The number of ether oxygens (including phenoxy) is 1. The number of carbonyl (C=O) groups is 1. The van der Waals surface area contributed by atoms with E-state index in [0.717, 1.165) is 0 Å². The molecule has 2 aromatic rings. The number of nitrogens with zero attached hydrogens (tertiary/aromatic N) is 2. The van der Waals surface area contributed by atoms with E-state index in [-0.39, 0.29) is 31.5 Å². The Balaban J connectivity index is 2.17. The van der Waals surface area contributed by atoms with Crippen molar-refractivity contribution in [2.75, 3.05) is 32.2 Å². The van der Waals surface area contributed by atoms with Crippen LogP contribution in [-0.4, -0.2) is 49.5 Å². The third kappa shape index (κ3) is 4.81. The highest BCUT2D eigenvalue weighted by atomic mass is 19.1. The summed E-state index contributed by atoms with van der Waals surface area (Å²) in [4.78, 5) is 15.6. The van der Waals surface area contributed by atoms with E-state index in [1.807, 2.05) is 0 Å². The number of anilines is 1. The van der Waals surface area contributed by atoms with Crippen LogP contribution in [0.4, 0.5) is 14.9 Å². The van der Waals surface area contributed by atoms with Gasteiger partial charge in [0.05, 0.1) is 32.1 Å². The number of hydrogen-bond acceptors (Lipinski definition) is 4. The Morgan fingerprint density at radius 1 is 1.33 bits per heavy atom. The summed E-state index contributed by atoms with van der Waals surface area (Å²) in [6.07, 6.45) is 0.733. The zero-order valence-electron chi connectivity index (χ0n) is 13.7. The van der Waals surface area contributed by atoms with Gasteiger partial charge in [0, 0.05) is 19.8 Å². The molecule has 0 fully saturated rings. The summed E-state index contributed by atoms with van der Waals surface area (Å²) < 4.78 is 23.3. The molecule has 0 spiro atoms. The Kier molecular flexibility index (Phi) is 6.34. The van der Waals surface area contributed by atoms with Crippen LogP contribution in [0.2, 0.25) is 0 Å². The number of amides is 2. The van der Waals surface area contributed by atoms with E-state index in [0.29, 0.717) is 11.4 Å². The van der Waals surface area contributed by atoms with Crippen LogP contribution in [0.15, 0.2) is 47.1 Å². The van der Waals surface area contributed by atoms with Gasteiger partial charge in [-0.05, 0) is 36.4 Å². The highest BCUT2D eigenvalue weighted by Gasteiger charge is 2.23. The molecule has 130 valence electrons. The lowest BCUT2D eigenvalue weighted by Crippen LogP contribution is -2.44. The Morgan fingerprint density at radius 3 is 2.62 bits per heavy atom. The molecular formula is C17H21FN2O4. The third-order valence-corrected chi connectivity index (χ3v) is 3.43. The van der Waals surface area contributed by atoms with Crippen molar-refractivity contribution in [3.8, 4) is 0 Å². The van der Waals surface area contributed by atoms with Crippen LogP contribution in [0, 0.1) is 5.82 Å². The molecular weight excluding hydrogens is 315 g/mol. The number of benzene rings is 1. The number of aliphatic hydroxyl groups excluding tert-OH is 1. The van der Waals surface area contributed by atoms with Crippen LogP contribution in [0.25, 0.3) is 0 Å². The number of rotatable bonds is 7. The fourth-order valence-electron chi connectivity index (χ4n) is 2.29. The Morgan fingerprint density at radius 2 is 2.04 bits per heavy atom. The minimum Gasteiger partial charge on any atom is -0.467 e. The predicted molar refractivity (Wildman–Crippen MR) is 87.2 cm³/mol. The average molecular weight is 336 g/mol. The van der Waals surface area contributed by atoms with Crippen molar-refractivity contribution in [3.63, 3.8) is 0 Å². The van der Waals surface area contributed by atoms with Crippen LogP contribution in [0.3, 0.4) is 0 Å². The van der Waals surface area contributed by atoms with Crippen molar-refractivity contribution in [2.45, 2.75) is 12.6 Å². The molecule has 1 aromatic heterocycles. The topological polar surface area (TPSA) is 66.2 Å². The minimum atomic E-state index is -0.789. The molecule has 1 heterocycles. The zero-order chi connectivity index (χ0) is 17.5. The molecule has 0 bridgehead atoms. The number of hydrogen-bond donors (Lipinski definition) is 1. The van der Waals surface area contributed by atoms with Crippen molar-refractivity contribution >= 4 is 11.7 Å². The first-order valence-electron chi connectivity index (χ1n) is 7.49. The van der Waals surface area contributed by atoms with Gasteiger partial charge in [0.2, 0.25) is 0 Å². The van der Waals surface area contributed by atoms with E-state index >= 15 is 0 Å². The van der Waals surface area contributed by atoms with E-state index in [4.69, 9.17) is 9.15 Å². The molecule has 24 heavy (non-hydrogen) atoms. The van der Waals surface area contributed by atoms with E-state index in [2.05, 4.69) is 0 Å². The summed E-state index contributed by atoms with van der Waals surface area (Å²) in [5.41, 5.74) is 0.533. The number of halogens is 1. The van der Waals surface area contributed by atoms with Crippen molar-refractivity contribution in [1.82, 2.24) is 4.90 Å². The van der Waals surface area contributed by atoms with Crippen LogP contribution in [0.1, 0.15) is 5.76 Å². The number of methoxy groups -OCH3 is 1. The molecule has 0 aliphatic heterocycles. The number of urea groups is 1. The highest BCUT2D eigenvalue weighted by Crippen LogP contribution is 2.20. The summed E-state index contributed by atoms with van der Waals surface area (Å²) in [7, 11) is 3.06. The smallest absolute Gasteiger partial charge is 0.324 e. The van der Waals surface area contributed by atoms with Crippen molar-refractivity contribution in [1.29, 1.82) is 0 Å². The van der Waals surface area contributed by atoms with Gasteiger partial charge in [-0.2, -0.15) is 0 Å². The van der Waals surface area contributed by atoms with Crippen LogP contribution >= 0.6 is 0 Å². The van der Waals surface area contributed by atoms with Crippen LogP contribution in [0.5, 0.6) is 0 Å². The lowest BCUT2D eigenvalue weighted by Gasteiger charge is -2.29. The quantitative estimate of drug-likeness (QED) is 0.844. The molecule has 2 amide bonds. The monoisotopic (exact) mass is 336 g/mol. The summed E-state index contributed by atoms with van der Waals surface area (Å²) in [6.45, 7) is 0.442. The van der Waals surface area contributed by atoms with Crippen molar-refractivity contribution in [2.24, 2.45) is 0 Å². The van der Waals surface area contributed by atoms with Crippen LogP contribution < -0.4 is 4.90 Å². The molecule has 0 unspecified atom stereocenters. The van der Waals surface area contributed by atoms with Gasteiger partial charge in [-0.15, -0.1) is 0 Å². The summed E-state index contributed by atoms with van der Waals surface area (Å²) in [6, 6.07) is 8.77. The first-order chi connectivity index (χ1) is 11.5. The molecule has 2 rings (SSSR count). The maximum atomic E-state index is 13.2. The van der Waals surface area contributed by atoms with E-state index in [9.17, 15) is 14.3 Å². The fourth-order valence-corrected chi connectivity index (χ4v) is 2.29. The zero-order valence-corrected chi connectivity index (χ0v) is 13.7. The molecule has 0 saturated heterocycles. The van der Waals surface area contributed by atoms with Gasteiger partial charge in [-0.3, -0.25) is 4.90 Å². The second-order valence-electron chi connectivity index (χ2n) is 5.41. The molecule has 0 radical (unpaired) electrons. The van der Waals surface area contributed by atoms with E-state index in [1.165, 1.54) is 47.4 Å². The van der Waals surface area contributed by atoms with Crippen LogP contribution in [-0.2, 0) is 11.3 Å². The maximum absolute atomic E-state index is 13.2. The van der Waals surface area contributed by atoms with E-state index in [1.54, 1.807) is 19.2 Å². The van der Waals surface area contributed by atoms with E-state index < -0.39 is 6.10 Å². The number of furan rings is 1. The Bertz CT molecular complexity index is 631. The third-order valence-electron chi connectivity index (χ3n) is 3.43. The second kappa shape index (κ2) is 8.47. The van der Waals surface area contributed by atoms with Gasteiger partial charge >= 0.3 is 6.03 Å². The first-order valence-corrected chi connectivity index (χ1v) is 7.49. The van der Waals surface area contributed by atoms with Gasteiger partial charge in [-0.25, -0.2) is 9.18 Å². The Hall–Kier alpha value is -2.38. The van der Waals surface area contributed by atoms with Gasteiger partial charge in [-0.1, -0.05) is 0 Å². The number of carbonyl (C=O) groups excluding carboxylic acids is 1. The average Bonchev–Trinajstić information content (AvgIpc) is 3.06. The van der Waals surface area contributed by atoms with Crippen molar-refractivity contribution < 1.29 is 23.4 Å². The number of likely N-dealkylation sites (N-methyl/N-ethyl adjacent to an activating group) is 1. The molecule has 7 heteroatoms. The predicted octanol–water partition coefficient (Wildman–Crippen LogP) is 2.48. The molecule has 1 atom stereocenters. The highest BCUT2D eigenvalue weighted by molar-refractivity contribution is 5.91. The van der Waals surface area contributed by atoms with Gasteiger partial charge in [0.15, 0.2) is 0 Å². The second-order valence-corrected chi connectivity index (χ2v) is 5.41. The molecule has 0 aliphatic carbocycles. The lowest BCUT2D eigenvalue weighted by molar-refractivity contribution is 0.0495. The van der Waals surface area contributed by atoms with Gasteiger partial charge in [0.1, 0.15) is 11.6 Å². The van der Waals surface area contributed by atoms with Crippen molar-refractivity contribution in [3.05, 3.63) is 54.2 Å². The normalized spacial score (nSPS) is 12.0. The number of aliphatic hydroxyl groups is 1. The fraction of sp³-hybridized carbons (Fsp3) is 0.353. The summed E-state index contributed by atoms with van der Waals surface area (Å²) in [5.74, 6) is 0.214. The molecule has 1 aromatic carbocycles. The maximum Gasteiger partial charge on any atom is 0.324 e. The summed E-state index contributed by atoms with van der Waals surface area (Å²) >= 11 is 0. The molecule has 1 N–H and O–H groups in total. The standard InChI is InChI=1S/C17H21FN2O4/c1-19(10-15(21)12-23-2)17(22)20(11-16-4-3-9-24-16)14-7-5-13(18)6-8-14/h3-9,15,21H,10-12H2,1-2H3/t15-/m1/s1. The molecule has 0 saturated carbocycles. The minimum absolute atomic E-state index is 0.114. The van der Waals surface area contributed by atoms with Gasteiger partial charge < -0.3 is 19.2 Å².